The van der Waals surface area contributed by atoms with Gasteiger partial charge in [-0.15, -0.1) is 0 Å². The summed E-state index contributed by atoms with van der Waals surface area (Å²) >= 11 is 3.32. The second kappa shape index (κ2) is 6.00. The van der Waals surface area contributed by atoms with Crippen molar-refractivity contribution in [1.29, 1.82) is 0 Å². The van der Waals surface area contributed by atoms with Gasteiger partial charge in [0.15, 0.2) is 11.6 Å². The summed E-state index contributed by atoms with van der Waals surface area (Å²) in [6, 6.07) is 5.10. The summed E-state index contributed by atoms with van der Waals surface area (Å²) in [7, 11) is 0. The predicted octanol–water partition coefficient (Wildman–Crippen LogP) is 3.44. The number of hydrogen-bond donors (Lipinski definition) is 0. The third kappa shape index (κ3) is 3.00. The number of alkyl halides is 1. The zero-order valence-corrected chi connectivity index (χ0v) is 12.8. The van der Waals surface area contributed by atoms with Crippen LogP contribution in [0.3, 0.4) is 0 Å². The van der Waals surface area contributed by atoms with Gasteiger partial charge in [-0.05, 0) is 17.7 Å². The van der Waals surface area contributed by atoms with E-state index < -0.39 is 0 Å². The molecule has 0 N–H and O–H groups in total. The Labute approximate surface area is 126 Å². The zero-order chi connectivity index (χ0) is 14.0. The number of rotatable bonds is 3. The number of hydrogen-bond acceptors (Lipinski definition) is 3. The lowest BCUT2D eigenvalue weighted by atomic mass is 9.91. The molecule has 0 bridgehead atoms. The first-order chi connectivity index (χ1) is 9.71. The molecule has 1 spiro atoms. The first-order valence-corrected chi connectivity index (χ1v) is 8.06. The Morgan fingerprint density at radius 1 is 1.40 bits per heavy atom. The van der Waals surface area contributed by atoms with Crippen molar-refractivity contribution in [1.82, 2.24) is 0 Å². The molecule has 0 radical (unpaired) electrons. The Morgan fingerprint density at radius 2 is 2.30 bits per heavy atom. The summed E-state index contributed by atoms with van der Waals surface area (Å²) in [6.45, 7) is 2.01. The van der Waals surface area contributed by atoms with Gasteiger partial charge >= 0.3 is 0 Å². The van der Waals surface area contributed by atoms with Crippen LogP contribution in [0.15, 0.2) is 18.2 Å². The Bertz CT molecular complexity index is 474. The second-order valence-corrected chi connectivity index (χ2v) is 6.03. The van der Waals surface area contributed by atoms with Crippen molar-refractivity contribution in [3.05, 3.63) is 29.6 Å². The van der Waals surface area contributed by atoms with Crippen LogP contribution in [0.2, 0.25) is 0 Å². The van der Waals surface area contributed by atoms with Gasteiger partial charge in [-0.2, -0.15) is 0 Å². The van der Waals surface area contributed by atoms with Crippen molar-refractivity contribution in [2.45, 2.75) is 36.3 Å². The summed E-state index contributed by atoms with van der Waals surface area (Å²) in [5.41, 5.74) is 0.692. The third-order valence-corrected chi connectivity index (χ3v) is 4.61. The quantitative estimate of drug-likeness (QED) is 0.786. The average molecular weight is 345 g/mol. The molecule has 1 aromatic rings. The normalized spacial score (nSPS) is 29.8. The van der Waals surface area contributed by atoms with Gasteiger partial charge in [0.05, 0.1) is 18.8 Å². The van der Waals surface area contributed by atoms with Crippen LogP contribution in [-0.4, -0.2) is 31.5 Å². The zero-order valence-electron chi connectivity index (χ0n) is 11.2. The molecule has 20 heavy (non-hydrogen) atoms. The highest BCUT2D eigenvalue weighted by molar-refractivity contribution is 9.08. The van der Waals surface area contributed by atoms with E-state index in [1.165, 1.54) is 6.07 Å². The first kappa shape index (κ1) is 14.3. The highest BCUT2D eigenvalue weighted by Crippen LogP contribution is 2.35. The van der Waals surface area contributed by atoms with Crippen molar-refractivity contribution in [2.24, 2.45) is 0 Å². The molecule has 3 nitrogen and oxygen atoms in total. The maximum absolute atomic E-state index is 14.0. The molecule has 5 heteroatoms. The molecule has 0 amide bonds. The van der Waals surface area contributed by atoms with Gasteiger partial charge < -0.3 is 14.2 Å². The van der Waals surface area contributed by atoms with E-state index in [2.05, 4.69) is 15.9 Å². The lowest BCUT2D eigenvalue weighted by Crippen LogP contribution is -2.44. The summed E-state index contributed by atoms with van der Waals surface area (Å²) < 4.78 is 31.1. The lowest BCUT2D eigenvalue weighted by Gasteiger charge is -2.37. The molecule has 0 saturated carbocycles. The van der Waals surface area contributed by atoms with Crippen molar-refractivity contribution in [3.8, 4) is 5.75 Å². The molecular formula is C15H18BrFO3. The minimum absolute atomic E-state index is 0.00484. The van der Waals surface area contributed by atoms with Gasteiger partial charge in [0.2, 0.25) is 0 Å². The Hall–Kier alpha value is -0.650. The summed E-state index contributed by atoms with van der Waals surface area (Å²) in [5.74, 6) is 0.0285. The number of ether oxygens (including phenoxy) is 3. The fourth-order valence-electron chi connectivity index (χ4n) is 2.85. The molecule has 0 aromatic heterocycles. The van der Waals surface area contributed by atoms with Gasteiger partial charge in [-0.1, -0.05) is 22.0 Å². The molecule has 0 aliphatic carbocycles. The Balaban J connectivity index is 1.68. The molecule has 2 fully saturated rings. The minimum Gasteiger partial charge on any atom is -0.487 e. The maximum Gasteiger partial charge on any atom is 0.165 e. The fourth-order valence-corrected chi connectivity index (χ4v) is 3.20. The molecular weight excluding hydrogens is 327 g/mol. The van der Waals surface area contributed by atoms with Gasteiger partial charge in [-0.3, -0.25) is 0 Å². The van der Waals surface area contributed by atoms with E-state index in [0.29, 0.717) is 24.3 Å². The van der Waals surface area contributed by atoms with Gasteiger partial charge in [0, 0.05) is 31.2 Å². The van der Waals surface area contributed by atoms with E-state index >= 15 is 0 Å². The summed E-state index contributed by atoms with van der Waals surface area (Å²) in [4.78, 5) is 0. The van der Waals surface area contributed by atoms with Crippen LogP contribution >= 0.6 is 15.9 Å². The number of halogens is 2. The van der Waals surface area contributed by atoms with E-state index in [9.17, 15) is 4.39 Å². The molecule has 2 heterocycles. The fraction of sp³-hybridized carbons (Fsp3) is 0.600. The van der Waals surface area contributed by atoms with E-state index in [1.807, 2.05) is 6.07 Å². The Kier molecular flexibility index (Phi) is 4.29. The predicted molar refractivity (Wildman–Crippen MR) is 76.8 cm³/mol. The van der Waals surface area contributed by atoms with Gasteiger partial charge in [0.1, 0.15) is 6.10 Å². The molecule has 2 aliphatic heterocycles. The molecule has 110 valence electrons. The van der Waals surface area contributed by atoms with E-state index in [1.54, 1.807) is 6.07 Å². The molecule has 3 rings (SSSR count). The highest BCUT2D eigenvalue weighted by Gasteiger charge is 2.41. The SMILES string of the molecule is Fc1cc(CBr)ccc1OC1CCOC2(CCOC2)C1. The standard InChI is InChI=1S/C15H18BrFO3/c16-9-11-1-2-14(13(17)7-11)20-12-3-5-19-15(8-12)4-6-18-10-15/h1-2,7,12H,3-6,8-10H2. The summed E-state index contributed by atoms with van der Waals surface area (Å²) in [6.07, 6.45) is 2.46. The lowest BCUT2D eigenvalue weighted by molar-refractivity contribution is -0.112. The van der Waals surface area contributed by atoms with Gasteiger partial charge in [-0.25, -0.2) is 4.39 Å². The van der Waals surface area contributed by atoms with Crippen LogP contribution in [0, 0.1) is 5.82 Å². The Morgan fingerprint density at radius 3 is 3.00 bits per heavy atom. The van der Waals surface area contributed by atoms with E-state index in [-0.39, 0.29) is 17.5 Å². The summed E-state index contributed by atoms with van der Waals surface area (Å²) in [5, 5.41) is 0.641. The van der Waals surface area contributed by atoms with Crippen LogP contribution in [0.4, 0.5) is 4.39 Å². The van der Waals surface area contributed by atoms with Crippen molar-refractivity contribution >= 4 is 15.9 Å². The van der Waals surface area contributed by atoms with E-state index in [4.69, 9.17) is 14.2 Å². The van der Waals surface area contributed by atoms with Crippen LogP contribution in [0.5, 0.6) is 5.75 Å². The largest absolute Gasteiger partial charge is 0.487 e. The number of benzene rings is 1. The monoisotopic (exact) mass is 344 g/mol. The molecule has 1 aromatic carbocycles. The van der Waals surface area contributed by atoms with Crippen molar-refractivity contribution < 1.29 is 18.6 Å². The second-order valence-electron chi connectivity index (χ2n) is 5.47. The average Bonchev–Trinajstić information content (AvgIpc) is 2.89. The smallest absolute Gasteiger partial charge is 0.165 e. The van der Waals surface area contributed by atoms with Crippen molar-refractivity contribution in [3.63, 3.8) is 0 Å². The van der Waals surface area contributed by atoms with Crippen LogP contribution < -0.4 is 4.74 Å². The van der Waals surface area contributed by atoms with Crippen LogP contribution in [0.1, 0.15) is 24.8 Å². The molecule has 2 aliphatic rings. The first-order valence-electron chi connectivity index (χ1n) is 6.93. The molecule has 2 atom stereocenters. The molecule has 2 unspecified atom stereocenters. The van der Waals surface area contributed by atoms with Crippen molar-refractivity contribution in [2.75, 3.05) is 19.8 Å². The maximum atomic E-state index is 14.0. The minimum atomic E-state index is -0.301. The van der Waals surface area contributed by atoms with Gasteiger partial charge in [0.25, 0.3) is 0 Å². The van der Waals surface area contributed by atoms with Crippen LogP contribution in [0.25, 0.3) is 0 Å². The third-order valence-electron chi connectivity index (χ3n) is 3.96. The topological polar surface area (TPSA) is 27.7 Å². The van der Waals surface area contributed by atoms with E-state index in [0.717, 1.165) is 31.4 Å². The highest BCUT2D eigenvalue weighted by atomic mass is 79.9. The van der Waals surface area contributed by atoms with Crippen LogP contribution in [-0.2, 0) is 14.8 Å². The molecule has 2 saturated heterocycles.